The van der Waals surface area contributed by atoms with Crippen molar-refractivity contribution in [2.45, 2.75) is 110 Å². The number of hydrogen-bond donors (Lipinski definition) is 0. The molecule has 2 unspecified atom stereocenters. The lowest BCUT2D eigenvalue weighted by Crippen LogP contribution is -2.51. The molecule has 0 aromatic heterocycles. The molecule has 37 heavy (non-hydrogen) atoms. The fourth-order valence-corrected chi connectivity index (χ4v) is 4.57. The first-order valence-corrected chi connectivity index (χ1v) is 14.6. The minimum Gasteiger partial charge on any atom is -0.487 e. The zero-order chi connectivity index (χ0) is 26.9. The molecule has 0 heterocycles. The van der Waals surface area contributed by atoms with Crippen molar-refractivity contribution in [3.63, 3.8) is 0 Å². The second kappa shape index (κ2) is 17.2. The van der Waals surface area contributed by atoms with E-state index in [1.54, 1.807) is 0 Å². The zero-order valence-electron chi connectivity index (χ0n) is 24.2. The molecule has 0 aliphatic carbocycles. The van der Waals surface area contributed by atoms with Crippen molar-refractivity contribution >= 4 is 5.97 Å². The van der Waals surface area contributed by atoms with Crippen LogP contribution in [0.4, 0.5) is 0 Å². The third kappa shape index (κ3) is 12.2. The minimum atomic E-state index is -0.266. The van der Waals surface area contributed by atoms with Crippen molar-refractivity contribution < 1.29 is 18.8 Å². The number of unbranched alkanes of at least 4 members (excludes halogenated alkanes) is 8. The van der Waals surface area contributed by atoms with Crippen LogP contribution in [-0.2, 0) is 22.5 Å². The summed E-state index contributed by atoms with van der Waals surface area (Å²) in [5, 5.41) is 0. The van der Waals surface area contributed by atoms with Crippen molar-refractivity contribution in [1.29, 1.82) is 0 Å². The molecule has 2 rings (SSSR count). The highest BCUT2D eigenvalue weighted by molar-refractivity contribution is 5.74. The second-order valence-electron chi connectivity index (χ2n) is 11.1. The van der Waals surface area contributed by atoms with Crippen LogP contribution in [-0.4, -0.2) is 43.3 Å². The van der Waals surface area contributed by atoms with Crippen LogP contribution < -0.4 is 4.74 Å². The van der Waals surface area contributed by atoms with E-state index in [4.69, 9.17) is 9.47 Å². The van der Waals surface area contributed by atoms with E-state index in [0.717, 1.165) is 25.1 Å². The number of rotatable bonds is 19. The highest BCUT2D eigenvalue weighted by atomic mass is 16.6. The minimum absolute atomic E-state index is 0.149. The summed E-state index contributed by atoms with van der Waals surface area (Å²) in [5.74, 6) is 0.659. The van der Waals surface area contributed by atoms with Gasteiger partial charge in [0.25, 0.3) is 0 Å². The number of carbonyl (C=O) groups is 1. The molecule has 2 aromatic rings. The Balaban J connectivity index is 1.69. The van der Waals surface area contributed by atoms with Crippen molar-refractivity contribution in [1.82, 2.24) is 0 Å². The quantitative estimate of drug-likeness (QED) is 0.109. The third-order valence-electron chi connectivity index (χ3n) is 7.48. The summed E-state index contributed by atoms with van der Waals surface area (Å²) < 4.78 is 12.4. The monoisotopic (exact) mass is 510 g/mol. The summed E-state index contributed by atoms with van der Waals surface area (Å²) in [4.78, 5) is 12.8. The van der Waals surface area contributed by atoms with Crippen LogP contribution in [0.15, 0.2) is 54.6 Å². The number of benzene rings is 2. The van der Waals surface area contributed by atoms with E-state index in [9.17, 15) is 4.79 Å². The molecule has 0 bridgehead atoms. The topological polar surface area (TPSA) is 35.5 Å². The maximum atomic E-state index is 12.8. The van der Waals surface area contributed by atoms with Crippen LogP contribution in [0.3, 0.4) is 0 Å². The van der Waals surface area contributed by atoms with Gasteiger partial charge in [0.05, 0.1) is 14.1 Å². The van der Waals surface area contributed by atoms with Crippen LogP contribution in [0.25, 0.3) is 0 Å². The number of aryl methyl sites for hydroxylation is 1. The molecular weight excluding hydrogens is 458 g/mol. The molecule has 2 atom stereocenters. The number of nitrogens with zero attached hydrogens (tertiary/aromatic N) is 1. The van der Waals surface area contributed by atoms with Gasteiger partial charge in [0.2, 0.25) is 0 Å². The van der Waals surface area contributed by atoms with Crippen LogP contribution >= 0.6 is 0 Å². The maximum Gasteiger partial charge on any atom is 0.364 e. The summed E-state index contributed by atoms with van der Waals surface area (Å²) >= 11 is 0. The smallest absolute Gasteiger partial charge is 0.364 e. The van der Waals surface area contributed by atoms with Gasteiger partial charge in [-0.2, -0.15) is 0 Å². The van der Waals surface area contributed by atoms with Gasteiger partial charge in [0, 0.05) is 5.56 Å². The van der Waals surface area contributed by atoms with Crippen molar-refractivity contribution in [3.05, 3.63) is 65.7 Å². The van der Waals surface area contributed by atoms with Crippen LogP contribution in [0.1, 0.15) is 96.1 Å². The van der Waals surface area contributed by atoms with Gasteiger partial charge < -0.3 is 14.0 Å². The number of quaternary nitrogens is 1. The molecule has 4 nitrogen and oxygen atoms in total. The highest BCUT2D eigenvalue weighted by Crippen LogP contribution is 2.19. The van der Waals surface area contributed by atoms with Crippen molar-refractivity contribution in [2.24, 2.45) is 0 Å². The fourth-order valence-electron chi connectivity index (χ4n) is 4.57. The molecule has 0 fully saturated rings. The van der Waals surface area contributed by atoms with E-state index in [1.165, 1.54) is 68.9 Å². The lowest BCUT2D eigenvalue weighted by Gasteiger charge is -2.34. The van der Waals surface area contributed by atoms with E-state index in [0.29, 0.717) is 4.48 Å². The lowest BCUT2D eigenvalue weighted by molar-refractivity contribution is -0.917. The molecule has 0 amide bonds. The summed E-state index contributed by atoms with van der Waals surface area (Å²) in [6.45, 7) is 7.32. The molecule has 0 N–H and O–H groups in total. The van der Waals surface area contributed by atoms with E-state index in [-0.39, 0.29) is 24.7 Å². The largest absolute Gasteiger partial charge is 0.487 e. The van der Waals surface area contributed by atoms with Gasteiger partial charge in [0.15, 0.2) is 6.04 Å². The molecule has 0 saturated carbocycles. The Kier molecular flexibility index (Phi) is 14.4. The average Bonchev–Trinajstić information content (AvgIpc) is 2.90. The number of ether oxygens (including phenoxy) is 2. The molecule has 206 valence electrons. The van der Waals surface area contributed by atoms with Crippen LogP contribution in [0, 0.1) is 0 Å². The SMILES string of the molecule is CCCCCCCCCCCc1ccc(OC(CC)COC(=O)C(C)[N+](C)(C)Cc2ccccc2)cc1. The Bertz CT molecular complexity index is 863. The Hall–Kier alpha value is -2.33. The highest BCUT2D eigenvalue weighted by Gasteiger charge is 2.32. The van der Waals surface area contributed by atoms with Gasteiger partial charge >= 0.3 is 5.97 Å². The first kappa shape index (κ1) is 30.9. The Labute approximate surface area is 227 Å². The summed E-state index contributed by atoms with van der Waals surface area (Å²) in [6, 6.07) is 18.5. The van der Waals surface area contributed by atoms with E-state index >= 15 is 0 Å². The number of carbonyl (C=O) groups excluding carboxylic acids is 1. The maximum absolute atomic E-state index is 12.8. The number of esters is 1. The Morgan fingerprint density at radius 1 is 0.784 bits per heavy atom. The molecule has 0 aliphatic heterocycles. The average molecular weight is 511 g/mol. The first-order valence-electron chi connectivity index (χ1n) is 14.6. The van der Waals surface area contributed by atoms with Gasteiger partial charge in [-0.05, 0) is 43.9 Å². The molecular formula is C33H52NO3+. The summed E-state index contributed by atoms with van der Waals surface area (Å²) in [6.07, 6.45) is 14.0. The molecule has 2 aromatic carbocycles. The summed E-state index contributed by atoms with van der Waals surface area (Å²) in [7, 11) is 4.14. The van der Waals surface area contributed by atoms with E-state index in [1.807, 2.05) is 25.1 Å². The van der Waals surface area contributed by atoms with Crippen molar-refractivity contribution in [3.8, 4) is 5.75 Å². The van der Waals surface area contributed by atoms with Gasteiger partial charge in [-0.3, -0.25) is 0 Å². The molecule has 0 saturated heterocycles. The Morgan fingerprint density at radius 2 is 1.38 bits per heavy atom. The fraction of sp³-hybridized carbons (Fsp3) is 0.606. The van der Waals surface area contributed by atoms with Gasteiger partial charge in [-0.25, -0.2) is 4.79 Å². The number of hydrogen-bond acceptors (Lipinski definition) is 3. The predicted octanol–water partition coefficient (Wildman–Crippen LogP) is 8.13. The van der Waals surface area contributed by atoms with Gasteiger partial charge in [-0.15, -0.1) is 0 Å². The number of likely N-dealkylation sites (N-methyl/N-ethyl adjacent to an activating group) is 1. The van der Waals surface area contributed by atoms with Crippen molar-refractivity contribution in [2.75, 3.05) is 20.7 Å². The second-order valence-corrected chi connectivity index (χ2v) is 11.1. The zero-order valence-corrected chi connectivity index (χ0v) is 24.2. The first-order chi connectivity index (χ1) is 17.9. The third-order valence-corrected chi connectivity index (χ3v) is 7.48. The standard InChI is InChI=1S/C33H52NO3/c1-6-8-9-10-11-12-13-14-16-19-29-22-24-32(25-23-29)37-31(7-2)27-36-33(35)28(3)34(4,5)26-30-20-17-15-18-21-30/h15,17-18,20-25,28,31H,6-14,16,19,26-27H2,1-5H3/q+1. The van der Waals surface area contributed by atoms with Gasteiger partial charge in [0.1, 0.15) is 25.0 Å². The van der Waals surface area contributed by atoms with Crippen LogP contribution in [0.2, 0.25) is 0 Å². The summed E-state index contributed by atoms with van der Waals surface area (Å²) in [5.41, 5.74) is 2.57. The molecule has 0 spiro atoms. The molecule has 4 heteroatoms. The normalized spacial score (nSPS) is 13.2. The van der Waals surface area contributed by atoms with Crippen LogP contribution in [0.5, 0.6) is 5.75 Å². The van der Waals surface area contributed by atoms with Gasteiger partial charge in [-0.1, -0.05) is 108 Å². The van der Waals surface area contributed by atoms with E-state index < -0.39 is 0 Å². The Morgan fingerprint density at radius 3 is 1.97 bits per heavy atom. The molecule has 0 aliphatic rings. The molecule has 0 radical (unpaired) electrons. The van der Waals surface area contributed by atoms with E-state index in [2.05, 4.69) is 64.3 Å². The lowest BCUT2D eigenvalue weighted by atomic mass is 10.0. The predicted molar refractivity (Wildman–Crippen MR) is 155 cm³/mol.